The number of hydrogen-bond acceptors (Lipinski definition) is 4. The Kier molecular flexibility index (Phi) is 3.05. The number of nitrogens with one attached hydrogen (secondary N) is 1. The van der Waals surface area contributed by atoms with Crippen LogP contribution in [0.3, 0.4) is 0 Å². The molecule has 5 nitrogen and oxygen atoms in total. The van der Waals surface area contributed by atoms with Gasteiger partial charge >= 0.3 is 0 Å². The number of pyridine rings is 1. The van der Waals surface area contributed by atoms with Gasteiger partial charge in [-0.05, 0) is 38.7 Å². The van der Waals surface area contributed by atoms with E-state index >= 15 is 0 Å². The number of rotatable bonds is 4. The van der Waals surface area contributed by atoms with Crippen LogP contribution < -0.4 is 5.32 Å². The molecule has 2 heterocycles. The molecule has 0 unspecified atom stereocenters. The maximum Gasteiger partial charge on any atom is 0.243 e. The molecule has 0 atom stereocenters. The van der Waals surface area contributed by atoms with E-state index in [-0.39, 0.29) is 0 Å². The van der Waals surface area contributed by atoms with E-state index in [4.69, 9.17) is 0 Å². The molecule has 0 aliphatic heterocycles. The third-order valence-electron chi connectivity index (χ3n) is 2.34. The molecular formula is C11H17N5. The van der Waals surface area contributed by atoms with Crippen molar-refractivity contribution in [3.63, 3.8) is 0 Å². The Morgan fingerprint density at radius 3 is 3.00 bits per heavy atom. The fourth-order valence-electron chi connectivity index (χ4n) is 1.45. The highest BCUT2D eigenvalue weighted by Crippen LogP contribution is 2.06. The number of aromatic nitrogens is 3. The molecule has 5 heteroatoms. The molecule has 0 amide bonds. The molecule has 16 heavy (non-hydrogen) atoms. The molecule has 0 aromatic carbocycles. The van der Waals surface area contributed by atoms with Gasteiger partial charge < -0.3 is 10.2 Å². The summed E-state index contributed by atoms with van der Waals surface area (Å²) in [4.78, 5) is 6.51. The Morgan fingerprint density at radius 1 is 1.44 bits per heavy atom. The van der Waals surface area contributed by atoms with Gasteiger partial charge in [-0.25, -0.2) is 4.52 Å². The van der Waals surface area contributed by atoms with E-state index in [0.717, 1.165) is 18.7 Å². The van der Waals surface area contributed by atoms with Crippen LogP contribution in [0.5, 0.6) is 0 Å². The minimum atomic E-state index is 0.687. The largest absolute Gasteiger partial charge is 0.352 e. The highest BCUT2D eigenvalue weighted by Gasteiger charge is 2.02. The summed E-state index contributed by atoms with van der Waals surface area (Å²) in [7, 11) is 4.09. The minimum absolute atomic E-state index is 0.687. The van der Waals surface area contributed by atoms with Crippen LogP contribution in [0.1, 0.15) is 5.56 Å². The van der Waals surface area contributed by atoms with Crippen LogP contribution in [0.4, 0.5) is 5.95 Å². The van der Waals surface area contributed by atoms with E-state index in [1.807, 2.05) is 39.3 Å². The zero-order valence-electron chi connectivity index (χ0n) is 9.94. The van der Waals surface area contributed by atoms with Gasteiger partial charge in [0.15, 0.2) is 5.65 Å². The van der Waals surface area contributed by atoms with Crippen molar-refractivity contribution < 1.29 is 0 Å². The van der Waals surface area contributed by atoms with E-state index < -0.39 is 0 Å². The summed E-state index contributed by atoms with van der Waals surface area (Å²) in [5, 5.41) is 7.53. The third-order valence-corrected chi connectivity index (χ3v) is 2.34. The molecule has 1 N–H and O–H groups in total. The Morgan fingerprint density at radius 2 is 2.25 bits per heavy atom. The van der Waals surface area contributed by atoms with Crippen molar-refractivity contribution in [1.29, 1.82) is 0 Å². The Bertz CT molecular complexity index is 474. The van der Waals surface area contributed by atoms with Crippen molar-refractivity contribution in [2.24, 2.45) is 0 Å². The molecule has 0 aliphatic rings. The van der Waals surface area contributed by atoms with Gasteiger partial charge in [0.25, 0.3) is 0 Å². The molecule has 0 radical (unpaired) electrons. The molecule has 0 bridgehead atoms. The number of fused-ring (bicyclic) bond motifs is 1. The molecule has 0 saturated heterocycles. The van der Waals surface area contributed by atoms with Gasteiger partial charge in [0, 0.05) is 19.3 Å². The van der Waals surface area contributed by atoms with Gasteiger partial charge in [-0.15, -0.1) is 5.10 Å². The Hall–Kier alpha value is -1.62. The molecule has 2 aromatic heterocycles. The van der Waals surface area contributed by atoms with Crippen molar-refractivity contribution in [1.82, 2.24) is 19.5 Å². The van der Waals surface area contributed by atoms with Crippen LogP contribution in [-0.4, -0.2) is 46.7 Å². The third kappa shape index (κ3) is 2.49. The SMILES string of the molecule is Cc1ccn2nc(NCCN(C)C)nc2c1. The maximum absolute atomic E-state index is 4.39. The first-order valence-electron chi connectivity index (χ1n) is 5.37. The van der Waals surface area contributed by atoms with E-state index in [0.29, 0.717) is 5.95 Å². The van der Waals surface area contributed by atoms with Crippen LogP contribution in [0.2, 0.25) is 0 Å². The lowest BCUT2D eigenvalue weighted by molar-refractivity contribution is 0.425. The predicted octanol–water partition coefficient (Wildman–Crippen LogP) is 1.01. The van der Waals surface area contributed by atoms with Gasteiger partial charge in [-0.2, -0.15) is 4.98 Å². The minimum Gasteiger partial charge on any atom is -0.352 e. The molecule has 2 rings (SSSR count). The summed E-state index contributed by atoms with van der Waals surface area (Å²) in [5.74, 6) is 0.687. The van der Waals surface area contributed by atoms with Crippen LogP contribution >= 0.6 is 0 Å². The second kappa shape index (κ2) is 4.49. The molecule has 0 saturated carbocycles. The van der Waals surface area contributed by atoms with Gasteiger partial charge in [-0.3, -0.25) is 0 Å². The highest BCUT2D eigenvalue weighted by molar-refractivity contribution is 5.45. The van der Waals surface area contributed by atoms with Crippen molar-refractivity contribution >= 4 is 11.6 Å². The first-order valence-corrected chi connectivity index (χ1v) is 5.37. The summed E-state index contributed by atoms with van der Waals surface area (Å²) in [6.07, 6.45) is 1.93. The van der Waals surface area contributed by atoms with Gasteiger partial charge in [-0.1, -0.05) is 0 Å². The lowest BCUT2D eigenvalue weighted by Gasteiger charge is -2.08. The summed E-state index contributed by atoms with van der Waals surface area (Å²) >= 11 is 0. The van der Waals surface area contributed by atoms with E-state index in [2.05, 4.69) is 20.3 Å². The van der Waals surface area contributed by atoms with E-state index in [9.17, 15) is 0 Å². The second-order valence-electron chi connectivity index (χ2n) is 4.17. The van der Waals surface area contributed by atoms with Crippen LogP contribution in [0.25, 0.3) is 5.65 Å². The molecular weight excluding hydrogens is 202 g/mol. The average Bonchev–Trinajstić information content (AvgIpc) is 2.58. The van der Waals surface area contributed by atoms with Gasteiger partial charge in [0.1, 0.15) is 0 Å². The normalized spacial score (nSPS) is 11.2. The fourth-order valence-corrected chi connectivity index (χ4v) is 1.45. The number of aryl methyl sites for hydroxylation is 1. The lowest BCUT2D eigenvalue weighted by atomic mass is 10.3. The fraction of sp³-hybridized carbons (Fsp3) is 0.455. The summed E-state index contributed by atoms with van der Waals surface area (Å²) in [5.41, 5.74) is 2.08. The van der Waals surface area contributed by atoms with E-state index in [1.165, 1.54) is 5.56 Å². The first-order chi connectivity index (χ1) is 7.65. The number of likely N-dealkylation sites (N-methyl/N-ethyl adjacent to an activating group) is 1. The molecule has 0 aliphatic carbocycles. The average molecular weight is 219 g/mol. The van der Waals surface area contributed by atoms with Crippen molar-refractivity contribution in [2.45, 2.75) is 6.92 Å². The maximum atomic E-state index is 4.39. The summed E-state index contributed by atoms with van der Waals surface area (Å²) in [6, 6.07) is 4.04. The number of anilines is 1. The number of hydrogen-bond donors (Lipinski definition) is 1. The smallest absolute Gasteiger partial charge is 0.243 e. The van der Waals surface area contributed by atoms with Crippen molar-refractivity contribution in [3.8, 4) is 0 Å². The van der Waals surface area contributed by atoms with Gasteiger partial charge in [0.2, 0.25) is 5.95 Å². The quantitative estimate of drug-likeness (QED) is 0.833. The lowest BCUT2D eigenvalue weighted by Crippen LogP contribution is -2.21. The molecule has 86 valence electrons. The van der Waals surface area contributed by atoms with Crippen LogP contribution in [0, 0.1) is 6.92 Å². The molecule has 0 fully saturated rings. The predicted molar refractivity (Wildman–Crippen MR) is 64.8 cm³/mol. The monoisotopic (exact) mass is 219 g/mol. The van der Waals surface area contributed by atoms with Crippen molar-refractivity contribution in [3.05, 3.63) is 23.9 Å². The van der Waals surface area contributed by atoms with Crippen LogP contribution in [-0.2, 0) is 0 Å². The Labute approximate surface area is 95.1 Å². The standard InChI is InChI=1S/C11H17N5/c1-9-4-6-16-10(8-9)13-11(14-16)12-5-7-15(2)3/h4,6,8H,5,7H2,1-3H3,(H,12,14). The van der Waals surface area contributed by atoms with Gasteiger partial charge in [0.05, 0.1) is 0 Å². The van der Waals surface area contributed by atoms with Crippen LogP contribution in [0.15, 0.2) is 18.3 Å². The molecule has 2 aromatic rings. The highest BCUT2D eigenvalue weighted by atomic mass is 15.3. The molecule has 0 spiro atoms. The first kappa shape index (κ1) is 10.9. The Balaban J connectivity index is 2.08. The zero-order valence-corrected chi connectivity index (χ0v) is 9.94. The number of nitrogens with zero attached hydrogens (tertiary/aromatic N) is 4. The topological polar surface area (TPSA) is 45.5 Å². The van der Waals surface area contributed by atoms with Crippen molar-refractivity contribution in [2.75, 3.05) is 32.5 Å². The summed E-state index contributed by atoms with van der Waals surface area (Å²) in [6.45, 7) is 3.87. The second-order valence-corrected chi connectivity index (χ2v) is 4.17. The van der Waals surface area contributed by atoms with E-state index in [1.54, 1.807) is 4.52 Å². The zero-order chi connectivity index (χ0) is 11.5. The summed E-state index contributed by atoms with van der Waals surface area (Å²) < 4.78 is 1.78.